The molecule has 3 aliphatic heterocycles. The second-order valence-electron chi connectivity index (χ2n) is 10.0. The minimum Gasteiger partial charge on any atom is -0.370 e. The van der Waals surface area contributed by atoms with Crippen LogP contribution >= 0.6 is 0 Å². The Balaban J connectivity index is 1.22. The lowest BCUT2D eigenvalue weighted by atomic mass is 9.93. The zero-order chi connectivity index (χ0) is 26.5. The van der Waals surface area contributed by atoms with Crippen molar-refractivity contribution in [2.24, 2.45) is 9.50 Å². The maximum atomic E-state index is 14.2. The number of benzene rings is 2. The van der Waals surface area contributed by atoms with Crippen molar-refractivity contribution in [3.8, 4) is 0 Å². The molecule has 8 nitrogen and oxygen atoms in total. The first-order valence-corrected chi connectivity index (χ1v) is 15.3. The highest BCUT2D eigenvalue weighted by molar-refractivity contribution is 8.01. The van der Waals surface area contributed by atoms with E-state index >= 15 is 0 Å². The average molecular weight is 553 g/mol. The highest BCUT2D eigenvalue weighted by Crippen LogP contribution is 2.35. The molecule has 3 aliphatic rings. The molecule has 1 unspecified atom stereocenters. The number of hydrogen-bond donors (Lipinski definition) is 1. The van der Waals surface area contributed by atoms with E-state index in [1.54, 1.807) is 16.4 Å². The zero-order valence-corrected chi connectivity index (χ0v) is 22.3. The van der Waals surface area contributed by atoms with E-state index in [-0.39, 0.29) is 16.5 Å². The Morgan fingerprint density at radius 1 is 1.00 bits per heavy atom. The summed E-state index contributed by atoms with van der Waals surface area (Å²) in [5.41, 5.74) is 9.55. The van der Waals surface area contributed by atoms with Crippen molar-refractivity contribution >= 4 is 19.9 Å². The van der Waals surface area contributed by atoms with Gasteiger partial charge >= 0.3 is 0 Å². The maximum Gasteiger partial charge on any atom is 0.291 e. The van der Waals surface area contributed by atoms with Crippen LogP contribution in [0.2, 0.25) is 0 Å². The van der Waals surface area contributed by atoms with Gasteiger partial charge in [-0.25, -0.2) is 17.3 Å². The van der Waals surface area contributed by atoms with E-state index in [0.717, 1.165) is 34.9 Å². The molecule has 200 valence electrons. The highest BCUT2D eigenvalue weighted by atomic mass is 32.3. The summed E-state index contributed by atoms with van der Waals surface area (Å²) < 4.78 is 78.1. The van der Waals surface area contributed by atoms with E-state index in [2.05, 4.69) is 8.67 Å². The third kappa shape index (κ3) is 5.36. The van der Waals surface area contributed by atoms with Crippen LogP contribution in [-0.2, 0) is 24.7 Å². The van der Waals surface area contributed by atoms with Gasteiger partial charge in [-0.2, -0.15) is 8.42 Å². The molecule has 0 bridgehead atoms. The van der Waals surface area contributed by atoms with Crippen molar-refractivity contribution in [1.29, 1.82) is 0 Å². The van der Waals surface area contributed by atoms with Crippen LogP contribution in [0.15, 0.2) is 62.3 Å². The Labute approximate surface area is 216 Å². The van der Waals surface area contributed by atoms with Crippen molar-refractivity contribution < 1.29 is 26.1 Å². The number of hydrogen-bond acceptors (Lipinski definition) is 6. The lowest BCUT2D eigenvalue weighted by molar-refractivity contribution is -0.0467. The fraction of sp³-hybridized carbons (Fsp3) is 0.440. The molecule has 0 aliphatic carbocycles. The van der Waals surface area contributed by atoms with E-state index in [4.69, 9.17) is 10.5 Å². The fourth-order valence-electron chi connectivity index (χ4n) is 5.21. The molecule has 12 heteroatoms. The van der Waals surface area contributed by atoms with Gasteiger partial charge in [0.05, 0.1) is 11.5 Å². The van der Waals surface area contributed by atoms with Crippen LogP contribution in [0.25, 0.3) is 0 Å². The fourth-order valence-corrected chi connectivity index (χ4v) is 8.66. The van der Waals surface area contributed by atoms with Gasteiger partial charge in [0.15, 0.2) is 0 Å². The Hall–Kier alpha value is -2.22. The van der Waals surface area contributed by atoms with Crippen LogP contribution in [-0.4, -0.2) is 73.0 Å². The summed E-state index contributed by atoms with van der Waals surface area (Å²) in [5.74, 6) is -1.08. The van der Waals surface area contributed by atoms with Gasteiger partial charge in [0.25, 0.3) is 10.0 Å². The minimum absolute atomic E-state index is 0.000458. The molecule has 0 aromatic heterocycles. The first-order valence-electron chi connectivity index (χ1n) is 12.0. The van der Waals surface area contributed by atoms with Crippen molar-refractivity contribution in [1.82, 2.24) is 9.21 Å². The SMILES string of the molecule is Cc1ccc(S(=O)(=O)N=S(C)(=O)N2CC3=C(CN([C@H]4CO[C@H](c5cc(F)ccc5F)[C@@H](N)C4)C3)C2)cc1. The van der Waals surface area contributed by atoms with Crippen LogP contribution in [0.5, 0.6) is 0 Å². The van der Waals surface area contributed by atoms with E-state index in [0.29, 0.717) is 39.2 Å². The quantitative estimate of drug-likeness (QED) is 0.572. The van der Waals surface area contributed by atoms with Crippen molar-refractivity contribution in [3.05, 3.63) is 76.4 Å². The molecule has 3 heterocycles. The molecule has 2 N–H and O–H groups in total. The lowest BCUT2D eigenvalue weighted by Crippen LogP contribution is -2.49. The van der Waals surface area contributed by atoms with Crippen LogP contribution in [0.3, 0.4) is 0 Å². The standard InChI is InChI=1S/C25H30F2N4O4S2/c1-16-3-6-21(7-4-16)37(33,34)29-36(2,32)31-13-17-11-30(12-18(17)14-31)20-10-24(28)25(35-15-20)22-9-19(26)5-8-23(22)27/h3-9,20,24-25H,10-15,28H2,1-2H3/t20-,24+,25-,36?/m1/s1. The van der Waals surface area contributed by atoms with E-state index in [1.807, 2.05) is 6.92 Å². The second kappa shape index (κ2) is 9.83. The second-order valence-corrected chi connectivity index (χ2v) is 14.1. The molecule has 2 aromatic rings. The van der Waals surface area contributed by atoms with E-state index < -0.39 is 43.7 Å². The molecule has 5 rings (SSSR count). The number of nitrogens with zero attached hydrogens (tertiary/aromatic N) is 3. The Morgan fingerprint density at radius 3 is 2.27 bits per heavy atom. The number of rotatable bonds is 5. The van der Waals surface area contributed by atoms with Gasteiger partial charge in [0.2, 0.25) is 0 Å². The van der Waals surface area contributed by atoms with Crippen LogP contribution in [0.4, 0.5) is 8.78 Å². The Kier molecular flexibility index (Phi) is 7.01. The Bertz CT molecular complexity index is 1450. The minimum atomic E-state index is -4.07. The Morgan fingerprint density at radius 2 is 1.65 bits per heavy atom. The number of sulfonamides is 1. The molecule has 0 radical (unpaired) electrons. The number of halogens is 2. The van der Waals surface area contributed by atoms with Crippen molar-refractivity contribution in [3.63, 3.8) is 0 Å². The number of nitrogens with two attached hydrogens (primary N) is 1. The first kappa shape index (κ1) is 26.4. The molecule has 1 saturated heterocycles. The van der Waals surface area contributed by atoms with Crippen LogP contribution in [0, 0.1) is 18.6 Å². The van der Waals surface area contributed by atoms with Gasteiger partial charge in [0.1, 0.15) is 27.7 Å². The van der Waals surface area contributed by atoms with Gasteiger partial charge in [0, 0.05) is 50.1 Å². The third-order valence-corrected chi connectivity index (χ3v) is 11.2. The molecule has 37 heavy (non-hydrogen) atoms. The predicted molar refractivity (Wildman–Crippen MR) is 136 cm³/mol. The predicted octanol–water partition coefficient (Wildman–Crippen LogP) is 2.76. The topological polar surface area (TPSA) is 105 Å². The lowest BCUT2D eigenvalue weighted by Gasteiger charge is -2.39. The molecule has 1 fully saturated rings. The molecule has 0 saturated carbocycles. The number of aryl methyl sites for hydroxylation is 1. The normalized spacial score (nSPS) is 26.8. The van der Waals surface area contributed by atoms with Crippen molar-refractivity contribution in [2.75, 3.05) is 39.0 Å². The van der Waals surface area contributed by atoms with E-state index in [9.17, 15) is 21.4 Å². The van der Waals surface area contributed by atoms with Gasteiger partial charge < -0.3 is 10.5 Å². The first-order chi connectivity index (χ1) is 17.4. The molecular formula is C25H30F2N4O4S2. The zero-order valence-electron chi connectivity index (χ0n) is 20.6. The van der Waals surface area contributed by atoms with Crippen molar-refractivity contribution in [2.45, 2.75) is 36.4 Å². The summed E-state index contributed by atoms with van der Waals surface area (Å²) in [7, 11) is -7.23. The summed E-state index contributed by atoms with van der Waals surface area (Å²) in [6.45, 7) is 4.15. The third-order valence-electron chi connectivity index (χ3n) is 7.24. The summed E-state index contributed by atoms with van der Waals surface area (Å²) in [6, 6.07) is 9.07. The molecule has 4 atom stereocenters. The summed E-state index contributed by atoms with van der Waals surface area (Å²) in [6.07, 6.45) is 1.20. The van der Waals surface area contributed by atoms with Crippen LogP contribution < -0.4 is 5.73 Å². The molecule has 2 aromatic carbocycles. The smallest absolute Gasteiger partial charge is 0.291 e. The summed E-state index contributed by atoms with van der Waals surface area (Å²) >= 11 is 0. The maximum absolute atomic E-state index is 14.2. The van der Waals surface area contributed by atoms with Crippen LogP contribution in [0.1, 0.15) is 23.7 Å². The molecule has 0 spiro atoms. The van der Waals surface area contributed by atoms with E-state index in [1.165, 1.54) is 18.4 Å². The largest absolute Gasteiger partial charge is 0.370 e. The van der Waals surface area contributed by atoms with Gasteiger partial charge in [-0.1, -0.05) is 21.5 Å². The van der Waals surface area contributed by atoms with Gasteiger partial charge in [-0.3, -0.25) is 4.90 Å². The van der Waals surface area contributed by atoms with Gasteiger partial charge in [-0.15, -0.1) is 0 Å². The molecule has 0 amide bonds. The van der Waals surface area contributed by atoms with Gasteiger partial charge in [-0.05, 0) is 54.8 Å². The average Bonchev–Trinajstić information content (AvgIpc) is 3.41. The summed E-state index contributed by atoms with van der Waals surface area (Å²) in [4.78, 5) is 2.24. The summed E-state index contributed by atoms with van der Waals surface area (Å²) in [5, 5.41) is 0. The monoisotopic (exact) mass is 552 g/mol. The number of ether oxygens (including phenoxy) is 1. The highest BCUT2D eigenvalue weighted by Gasteiger charge is 2.40. The molecular weight excluding hydrogens is 522 g/mol.